The quantitative estimate of drug-likeness (QED) is 0.710. The minimum atomic E-state index is -0.101. The molecule has 3 rings (SSSR count). The first kappa shape index (κ1) is 10.3. The summed E-state index contributed by atoms with van der Waals surface area (Å²) in [6.45, 7) is 0. The Balaban J connectivity index is 2.16. The van der Waals surface area contributed by atoms with E-state index < -0.39 is 0 Å². The van der Waals surface area contributed by atoms with Crippen molar-refractivity contribution in [2.45, 2.75) is 50.0 Å². The Morgan fingerprint density at radius 1 is 1.19 bits per heavy atom. The van der Waals surface area contributed by atoms with Gasteiger partial charge in [0.2, 0.25) is 0 Å². The second-order valence-electron chi connectivity index (χ2n) is 5.33. The van der Waals surface area contributed by atoms with Gasteiger partial charge in [-0.25, -0.2) is 4.39 Å². The summed E-state index contributed by atoms with van der Waals surface area (Å²) in [5.74, 6) is -0.101. The van der Waals surface area contributed by atoms with Crippen LogP contribution in [-0.2, 0) is 5.41 Å². The molecule has 0 saturated heterocycles. The van der Waals surface area contributed by atoms with Crippen molar-refractivity contribution < 1.29 is 4.39 Å². The summed E-state index contributed by atoms with van der Waals surface area (Å²) in [7, 11) is 0. The molecule has 1 aromatic rings. The van der Waals surface area contributed by atoms with Crippen LogP contribution in [0.2, 0.25) is 0 Å². The molecule has 0 aromatic heterocycles. The second kappa shape index (κ2) is 3.56. The summed E-state index contributed by atoms with van der Waals surface area (Å²) in [5.41, 5.74) is 8.33. The fraction of sp³-hybridized carbons (Fsp3) is 0.571. The monoisotopic (exact) mass is 219 g/mol. The van der Waals surface area contributed by atoms with Crippen molar-refractivity contribution in [1.29, 1.82) is 0 Å². The fourth-order valence-electron chi connectivity index (χ4n) is 3.66. The normalized spacial score (nSPS) is 27.0. The molecular formula is C14H18FN. The van der Waals surface area contributed by atoms with Crippen molar-refractivity contribution in [3.05, 3.63) is 35.1 Å². The van der Waals surface area contributed by atoms with E-state index in [4.69, 9.17) is 5.73 Å². The van der Waals surface area contributed by atoms with Crippen LogP contribution in [-0.4, -0.2) is 0 Å². The van der Waals surface area contributed by atoms with Gasteiger partial charge in [-0.1, -0.05) is 25.0 Å². The van der Waals surface area contributed by atoms with Gasteiger partial charge in [0.25, 0.3) is 0 Å². The molecule has 1 nitrogen and oxygen atoms in total. The lowest BCUT2D eigenvalue weighted by Gasteiger charge is -2.38. The van der Waals surface area contributed by atoms with E-state index >= 15 is 0 Å². The molecule has 0 amide bonds. The maximum Gasteiger partial charge on any atom is 0.128 e. The van der Waals surface area contributed by atoms with Gasteiger partial charge in [0.1, 0.15) is 5.82 Å². The first-order valence-corrected chi connectivity index (χ1v) is 6.27. The van der Waals surface area contributed by atoms with Gasteiger partial charge < -0.3 is 5.73 Å². The zero-order valence-corrected chi connectivity index (χ0v) is 9.51. The van der Waals surface area contributed by atoms with Gasteiger partial charge >= 0.3 is 0 Å². The molecule has 2 aliphatic rings. The van der Waals surface area contributed by atoms with Crippen molar-refractivity contribution in [3.8, 4) is 0 Å². The Morgan fingerprint density at radius 3 is 2.69 bits per heavy atom. The van der Waals surface area contributed by atoms with Crippen LogP contribution in [0.25, 0.3) is 0 Å². The second-order valence-corrected chi connectivity index (χ2v) is 5.33. The van der Waals surface area contributed by atoms with E-state index in [-0.39, 0.29) is 17.3 Å². The molecule has 2 N–H and O–H groups in total. The lowest BCUT2D eigenvalue weighted by molar-refractivity contribution is 0.337. The number of hydrogen-bond acceptors (Lipinski definition) is 1. The summed E-state index contributed by atoms with van der Waals surface area (Å²) in [6.07, 6.45) is 7.08. The number of rotatable bonds is 0. The third-order valence-corrected chi connectivity index (χ3v) is 4.49. The Bertz CT molecular complexity index is 407. The predicted molar refractivity (Wildman–Crippen MR) is 62.7 cm³/mol. The highest BCUT2D eigenvalue weighted by Crippen LogP contribution is 2.51. The molecule has 2 heteroatoms. The molecule has 1 spiro atoms. The topological polar surface area (TPSA) is 26.0 Å². The molecule has 1 saturated carbocycles. The van der Waals surface area contributed by atoms with Crippen LogP contribution in [0.5, 0.6) is 0 Å². The molecule has 0 heterocycles. The number of fused-ring (bicyclic) bond motifs is 2. The molecule has 2 aliphatic carbocycles. The van der Waals surface area contributed by atoms with Crippen LogP contribution in [0.15, 0.2) is 18.2 Å². The molecule has 1 aromatic carbocycles. The molecule has 0 radical (unpaired) electrons. The van der Waals surface area contributed by atoms with Crippen LogP contribution in [0.4, 0.5) is 4.39 Å². The third-order valence-electron chi connectivity index (χ3n) is 4.49. The van der Waals surface area contributed by atoms with Gasteiger partial charge in [-0.15, -0.1) is 0 Å². The van der Waals surface area contributed by atoms with Crippen LogP contribution < -0.4 is 5.73 Å². The minimum Gasteiger partial charge on any atom is -0.324 e. The van der Waals surface area contributed by atoms with Crippen molar-refractivity contribution in [2.75, 3.05) is 0 Å². The first-order chi connectivity index (χ1) is 7.73. The van der Waals surface area contributed by atoms with Crippen molar-refractivity contribution in [2.24, 2.45) is 5.73 Å². The van der Waals surface area contributed by atoms with E-state index in [1.807, 2.05) is 6.07 Å². The van der Waals surface area contributed by atoms with Gasteiger partial charge in [-0.2, -0.15) is 0 Å². The molecular weight excluding hydrogens is 201 g/mol. The van der Waals surface area contributed by atoms with E-state index in [9.17, 15) is 4.39 Å². The van der Waals surface area contributed by atoms with Crippen molar-refractivity contribution >= 4 is 0 Å². The molecule has 1 fully saturated rings. The predicted octanol–water partition coefficient (Wildman–Crippen LogP) is 3.43. The van der Waals surface area contributed by atoms with E-state index in [2.05, 4.69) is 6.07 Å². The van der Waals surface area contributed by atoms with Crippen LogP contribution in [0.3, 0.4) is 0 Å². The van der Waals surface area contributed by atoms with Gasteiger partial charge in [0.15, 0.2) is 0 Å². The van der Waals surface area contributed by atoms with Crippen LogP contribution in [0.1, 0.15) is 55.7 Å². The van der Waals surface area contributed by atoms with Crippen molar-refractivity contribution in [3.63, 3.8) is 0 Å². The lowest BCUT2D eigenvalue weighted by Crippen LogP contribution is -2.33. The largest absolute Gasteiger partial charge is 0.324 e. The molecule has 0 bridgehead atoms. The van der Waals surface area contributed by atoms with Gasteiger partial charge in [0, 0.05) is 11.6 Å². The molecule has 16 heavy (non-hydrogen) atoms. The van der Waals surface area contributed by atoms with Crippen LogP contribution >= 0.6 is 0 Å². The van der Waals surface area contributed by atoms with E-state index in [0.29, 0.717) is 0 Å². The molecule has 0 aliphatic heterocycles. The number of halogens is 1. The summed E-state index contributed by atoms with van der Waals surface area (Å²) >= 11 is 0. The lowest BCUT2D eigenvalue weighted by atomic mass is 9.67. The van der Waals surface area contributed by atoms with Gasteiger partial charge in [0.05, 0.1) is 0 Å². The summed E-state index contributed by atoms with van der Waals surface area (Å²) in [6, 6.07) is 5.39. The average molecular weight is 219 g/mol. The number of hydrogen-bond donors (Lipinski definition) is 1. The molecule has 1 unspecified atom stereocenters. The summed E-state index contributed by atoms with van der Waals surface area (Å²) in [4.78, 5) is 0. The van der Waals surface area contributed by atoms with E-state index in [1.54, 1.807) is 6.07 Å². The SMILES string of the molecule is NC1CCC2(CCCC2)c2cccc(F)c21. The highest BCUT2D eigenvalue weighted by molar-refractivity contribution is 5.40. The zero-order chi connectivity index (χ0) is 11.2. The minimum absolute atomic E-state index is 0.0950. The van der Waals surface area contributed by atoms with Crippen molar-refractivity contribution in [1.82, 2.24) is 0 Å². The Kier molecular flexibility index (Phi) is 2.28. The number of nitrogens with two attached hydrogens (primary N) is 1. The smallest absolute Gasteiger partial charge is 0.128 e. The highest BCUT2D eigenvalue weighted by atomic mass is 19.1. The Labute approximate surface area is 95.8 Å². The van der Waals surface area contributed by atoms with E-state index in [1.165, 1.54) is 31.2 Å². The molecule has 1 atom stereocenters. The Hall–Kier alpha value is -0.890. The average Bonchev–Trinajstić information content (AvgIpc) is 2.74. The van der Waals surface area contributed by atoms with Gasteiger partial charge in [-0.3, -0.25) is 0 Å². The van der Waals surface area contributed by atoms with Crippen LogP contribution in [0, 0.1) is 5.82 Å². The fourth-order valence-corrected chi connectivity index (χ4v) is 3.66. The van der Waals surface area contributed by atoms with E-state index in [0.717, 1.165) is 18.4 Å². The summed E-state index contributed by atoms with van der Waals surface area (Å²) in [5, 5.41) is 0. The third kappa shape index (κ3) is 1.32. The summed E-state index contributed by atoms with van der Waals surface area (Å²) < 4.78 is 13.9. The standard InChI is InChI=1S/C14H18FN/c15-11-5-3-4-10-13(11)12(16)6-9-14(10)7-1-2-8-14/h3-5,12H,1-2,6-9,16H2. The maximum absolute atomic E-state index is 13.9. The van der Waals surface area contributed by atoms with Gasteiger partial charge in [-0.05, 0) is 42.7 Å². The molecule has 86 valence electrons. The first-order valence-electron chi connectivity index (χ1n) is 6.27. The zero-order valence-electron chi connectivity index (χ0n) is 9.51. The Morgan fingerprint density at radius 2 is 1.94 bits per heavy atom. The maximum atomic E-state index is 13.9. The number of benzene rings is 1. The highest BCUT2D eigenvalue weighted by Gasteiger charge is 2.41.